The number of methoxy groups -OCH3 is 1. The lowest BCUT2D eigenvalue weighted by Gasteiger charge is -2.32. The average molecular weight is 584 g/mol. The van der Waals surface area contributed by atoms with Crippen LogP contribution in [0.3, 0.4) is 0 Å². The Morgan fingerprint density at radius 3 is 2.33 bits per heavy atom. The monoisotopic (exact) mass is 583 g/mol. The van der Waals surface area contributed by atoms with E-state index in [1.54, 1.807) is 62.6 Å². The summed E-state index contributed by atoms with van der Waals surface area (Å²) >= 11 is 5.99. The molecule has 40 heavy (non-hydrogen) atoms. The molecule has 0 radical (unpaired) electrons. The molecule has 1 atom stereocenters. The van der Waals surface area contributed by atoms with Crippen molar-refractivity contribution in [3.05, 3.63) is 89.4 Å². The van der Waals surface area contributed by atoms with Gasteiger partial charge in [0.1, 0.15) is 18.3 Å². The van der Waals surface area contributed by atoms with Crippen molar-refractivity contribution >= 4 is 39.1 Å². The van der Waals surface area contributed by atoms with Crippen molar-refractivity contribution in [3.8, 4) is 5.75 Å². The number of para-hydroxylation sites is 1. The molecule has 0 heterocycles. The smallest absolute Gasteiger partial charge is 0.264 e. The highest BCUT2D eigenvalue weighted by atomic mass is 35.5. The highest BCUT2D eigenvalue weighted by Crippen LogP contribution is 2.26. The summed E-state index contributed by atoms with van der Waals surface area (Å²) in [5.74, 6) is -0.169. The van der Waals surface area contributed by atoms with Crippen LogP contribution in [-0.2, 0) is 26.2 Å². The maximum Gasteiger partial charge on any atom is 0.264 e. The molecule has 0 bridgehead atoms. The lowest BCUT2D eigenvalue weighted by molar-refractivity contribution is -0.139. The van der Waals surface area contributed by atoms with Crippen molar-refractivity contribution in [1.29, 1.82) is 0 Å². The largest absolute Gasteiger partial charge is 0.497 e. The van der Waals surface area contributed by atoms with Gasteiger partial charge in [-0.1, -0.05) is 54.8 Å². The minimum atomic E-state index is -4.14. The topological polar surface area (TPSA) is 96.0 Å². The molecule has 1 aliphatic rings. The third kappa shape index (κ3) is 7.14. The van der Waals surface area contributed by atoms with Crippen molar-refractivity contribution in [1.82, 2.24) is 10.2 Å². The summed E-state index contributed by atoms with van der Waals surface area (Å²) < 4.78 is 34.0. The molecular weight excluding hydrogens is 550 g/mol. The van der Waals surface area contributed by atoms with Gasteiger partial charge >= 0.3 is 0 Å². The number of halogens is 1. The van der Waals surface area contributed by atoms with Crippen LogP contribution in [0, 0.1) is 0 Å². The van der Waals surface area contributed by atoms with E-state index in [0.717, 1.165) is 35.6 Å². The van der Waals surface area contributed by atoms with Gasteiger partial charge in [0.05, 0.1) is 17.7 Å². The van der Waals surface area contributed by atoms with Crippen molar-refractivity contribution < 1.29 is 22.7 Å². The van der Waals surface area contributed by atoms with Gasteiger partial charge in [0, 0.05) is 17.6 Å². The molecule has 0 spiro atoms. The number of nitrogens with one attached hydrogen (secondary N) is 1. The summed E-state index contributed by atoms with van der Waals surface area (Å²) in [7, 11) is -2.59. The lowest BCUT2D eigenvalue weighted by Crippen LogP contribution is -2.52. The van der Waals surface area contributed by atoms with Crippen LogP contribution in [0.1, 0.15) is 38.2 Å². The highest BCUT2D eigenvalue weighted by Gasteiger charge is 2.33. The van der Waals surface area contributed by atoms with Gasteiger partial charge in [0.15, 0.2) is 0 Å². The number of rotatable bonds is 11. The number of sulfonamides is 1. The molecule has 1 unspecified atom stereocenters. The predicted octanol–water partition coefficient (Wildman–Crippen LogP) is 5.02. The molecule has 10 heteroatoms. The Kier molecular flexibility index (Phi) is 9.71. The fourth-order valence-corrected chi connectivity index (χ4v) is 6.34. The maximum atomic E-state index is 14.0. The number of ether oxygens (including phenoxy) is 1. The summed E-state index contributed by atoms with van der Waals surface area (Å²) in [5, 5.41) is 3.46. The Hall–Kier alpha value is -3.56. The molecule has 0 aliphatic heterocycles. The number of benzene rings is 3. The van der Waals surface area contributed by atoms with Crippen LogP contribution in [0.5, 0.6) is 5.75 Å². The molecule has 0 saturated heterocycles. The normalized spacial score (nSPS) is 14.4. The Balaban J connectivity index is 1.67. The minimum absolute atomic E-state index is 0.0000706. The number of carbonyl (C=O) groups is 2. The van der Waals surface area contributed by atoms with Gasteiger partial charge in [0.2, 0.25) is 11.8 Å². The zero-order chi connectivity index (χ0) is 28.7. The highest BCUT2D eigenvalue weighted by molar-refractivity contribution is 7.92. The van der Waals surface area contributed by atoms with Crippen molar-refractivity contribution in [3.63, 3.8) is 0 Å². The molecule has 1 fully saturated rings. The van der Waals surface area contributed by atoms with E-state index >= 15 is 0 Å². The standard InChI is InChI=1S/C30H34ClN3O5S/c1-22(30(36)32-25-10-6-7-11-25)33(20-23-9-8-14-27(19-23)39-2)29(35)21-34(26-12-4-3-5-13-26)40(37,38)28-17-15-24(31)16-18-28/h3-5,8-9,12-19,22,25H,6-7,10-11,20-21H2,1-2H3,(H,32,36). The van der Waals surface area contributed by atoms with Gasteiger partial charge in [-0.3, -0.25) is 13.9 Å². The molecular formula is C30H34ClN3O5S. The van der Waals surface area contributed by atoms with Crippen LogP contribution in [-0.4, -0.2) is 50.9 Å². The van der Waals surface area contributed by atoms with Crippen LogP contribution >= 0.6 is 11.6 Å². The van der Waals surface area contributed by atoms with E-state index < -0.39 is 28.5 Å². The number of hydrogen-bond donors (Lipinski definition) is 1. The molecule has 0 aromatic heterocycles. The minimum Gasteiger partial charge on any atom is -0.497 e. The van der Waals surface area contributed by atoms with Gasteiger partial charge in [-0.05, 0) is 73.9 Å². The van der Waals surface area contributed by atoms with E-state index in [1.807, 2.05) is 6.07 Å². The summed E-state index contributed by atoms with van der Waals surface area (Å²) in [6, 6.07) is 20.7. The second-order valence-electron chi connectivity index (χ2n) is 9.84. The molecule has 1 saturated carbocycles. The molecule has 1 aliphatic carbocycles. The number of anilines is 1. The summed E-state index contributed by atoms with van der Waals surface area (Å²) in [5.41, 5.74) is 1.08. The number of amides is 2. The Morgan fingerprint density at radius 2 is 1.68 bits per heavy atom. The first-order valence-corrected chi connectivity index (χ1v) is 15.1. The van der Waals surface area contributed by atoms with E-state index in [-0.39, 0.29) is 23.4 Å². The first-order chi connectivity index (χ1) is 19.2. The number of nitrogens with zero attached hydrogens (tertiary/aromatic N) is 2. The van der Waals surface area contributed by atoms with Crippen LogP contribution < -0.4 is 14.4 Å². The lowest BCUT2D eigenvalue weighted by atomic mass is 10.1. The van der Waals surface area contributed by atoms with Crippen LogP contribution in [0.25, 0.3) is 0 Å². The van der Waals surface area contributed by atoms with Crippen molar-refractivity contribution in [2.45, 2.75) is 56.1 Å². The van der Waals surface area contributed by atoms with Crippen LogP contribution in [0.15, 0.2) is 83.8 Å². The number of carbonyl (C=O) groups excluding carboxylic acids is 2. The molecule has 3 aromatic carbocycles. The van der Waals surface area contributed by atoms with E-state index in [9.17, 15) is 18.0 Å². The molecule has 8 nitrogen and oxygen atoms in total. The summed E-state index contributed by atoms with van der Waals surface area (Å²) in [6.45, 7) is 1.27. The fraction of sp³-hybridized carbons (Fsp3) is 0.333. The van der Waals surface area contributed by atoms with E-state index in [4.69, 9.17) is 16.3 Å². The predicted molar refractivity (Wildman–Crippen MR) is 156 cm³/mol. The summed E-state index contributed by atoms with van der Waals surface area (Å²) in [4.78, 5) is 28.7. The third-order valence-electron chi connectivity index (χ3n) is 7.08. The molecule has 1 N–H and O–H groups in total. The van der Waals surface area contributed by atoms with E-state index in [0.29, 0.717) is 16.5 Å². The van der Waals surface area contributed by atoms with E-state index in [2.05, 4.69) is 5.32 Å². The van der Waals surface area contributed by atoms with Gasteiger partial charge in [-0.25, -0.2) is 8.42 Å². The van der Waals surface area contributed by atoms with Crippen molar-refractivity contribution in [2.75, 3.05) is 18.0 Å². The molecule has 2 amide bonds. The van der Waals surface area contributed by atoms with Crippen molar-refractivity contribution in [2.24, 2.45) is 0 Å². The molecule has 4 rings (SSSR count). The average Bonchev–Trinajstić information content (AvgIpc) is 3.48. The molecule has 3 aromatic rings. The third-order valence-corrected chi connectivity index (χ3v) is 9.12. The first-order valence-electron chi connectivity index (χ1n) is 13.2. The molecule has 212 valence electrons. The fourth-order valence-electron chi connectivity index (χ4n) is 4.80. The Labute approximate surface area is 240 Å². The zero-order valence-corrected chi connectivity index (χ0v) is 24.2. The van der Waals surface area contributed by atoms with E-state index in [1.165, 1.54) is 29.2 Å². The van der Waals surface area contributed by atoms with Gasteiger partial charge < -0.3 is 15.0 Å². The van der Waals surface area contributed by atoms with Gasteiger partial charge in [0.25, 0.3) is 10.0 Å². The maximum absolute atomic E-state index is 14.0. The van der Waals surface area contributed by atoms with Gasteiger partial charge in [-0.2, -0.15) is 0 Å². The number of hydrogen-bond acceptors (Lipinski definition) is 5. The van der Waals surface area contributed by atoms with Gasteiger partial charge in [-0.15, -0.1) is 0 Å². The second-order valence-corrected chi connectivity index (χ2v) is 12.1. The second kappa shape index (κ2) is 13.2. The zero-order valence-electron chi connectivity index (χ0n) is 22.6. The SMILES string of the molecule is COc1cccc(CN(C(=O)CN(c2ccccc2)S(=O)(=O)c2ccc(Cl)cc2)C(C)C(=O)NC2CCCC2)c1. The Morgan fingerprint density at radius 1 is 1.00 bits per heavy atom. The van der Waals surface area contributed by atoms with Crippen LogP contribution in [0.2, 0.25) is 5.02 Å². The quantitative estimate of drug-likeness (QED) is 0.342. The Bertz CT molecular complexity index is 1410. The van der Waals surface area contributed by atoms with Crippen LogP contribution in [0.4, 0.5) is 5.69 Å². The first kappa shape index (κ1) is 29.4. The summed E-state index contributed by atoms with van der Waals surface area (Å²) in [6.07, 6.45) is 3.92.